The number of ether oxygens (including phenoxy) is 2. The van der Waals surface area contributed by atoms with Gasteiger partial charge in [0.2, 0.25) is 0 Å². The number of aromatic nitrogens is 5. The van der Waals surface area contributed by atoms with Crippen LogP contribution in [0.4, 0.5) is 0 Å². The molecule has 0 spiro atoms. The summed E-state index contributed by atoms with van der Waals surface area (Å²) in [5.74, 6) is 3.00. The van der Waals surface area contributed by atoms with Gasteiger partial charge in [-0.25, -0.2) is 4.98 Å². The number of likely N-dealkylation sites (tertiary alicyclic amines) is 1. The Kier molecular flexibility index (Phi) is 6.03. The molecule has 2 aromatic heterocycles. The van der Waals surface area contributed by atoms with E-state index >= 15 is 0 Å². The number of hydrogen-bond donors (Lipinski definition) is 2. The summed E-state index contributed by atoms with van der Waals surface area (Å²) in [5, 5.41) is 16.2. The van der Waals surface area contributed by atoms with Crippen molar-refractivity contribution < 1.29 is 14.3 Å². The molecule has 192 valence electrons. The first kappa shape index (κ1) is 23.5. The summed E-state index contributed by atoms with van der Waals surface area (Å²) in [4.78, 5) is 19.2. The number of nitrogens with one attached hydrogen (secondary N) is 2. The Balaban J connectivity index is 1.18. The van der Waals surface area contributed by atoms with Crippen molar-refractivity contribution in [2.75, 3.05) is 33.9 Å². The van der Waals surface area contributed by atoms with E-state index < -0.39 is 0 Å². The predicted molar refractivity (Wildman–Crippen MR) is 139 cm³/mol. The van der Waals surface area contributed by atoms with E-state index in [4.69, 9.17) is 14.5 Å². The molecule has 4 aromatic rings. The Morgan fingerprint density at radius 3 is 2.76 bits per heavy atom. The summed E-state index contributed by atoms with van der Waals surface area (Å²) in [6, 6.07) is 10.00. The molecule has 1 saturated heterocycles. The lowest BCUT2D eigenvalue weighted by Crippen LogP contribution is -2.58. The number of aryl methyl sites for hydroxylation is 1. The van der Waals surface area contributed by atoms with Crippen molar-refractivity contribution in [2.45, 2.75) is 31.2 Å². The lowest BCUT2D eigenvalue weighted by atomic mass is 9.97. The van der Waals surface area contributed by atoms with Crippen molar-refractivity contribution >= 4 is 16.8 Å². The van der Waals surface area contributed by atoms with E-state index in [1.807, 2.05) is 37.1 Å². The van der Waals surface area contributed by atoms with E-state index in [1.165, 1.54) is 29.4 Å². The summed E-state index contributed by atoms with van der Waals surface area (Å²) >= 11 is 0. The number of carbonyl (C=O) groups excluding carboxylic acids is 1. The number of likely N-dealkylation sites (N-methyl/N-ethyl adjacent to an activating group) is 1. The molecule has 0 unspecified atom stereocenters. The highest BCUT2D eigenvalue weighted by atomic mass is 16.5. The van der Waals surface area contributed by atoms with Crippen LogP contribution >= 0.6 is 0 Å². The van der Waals surface area contributed by atoms with Crippen LogP contribution in [0.15, 0.2) is 36.5 Å². The third-order valence-corrected chi connectivity index (χ3v) is 7.15. The molecule has 2 fully saturated rings. The molecular formula is C27H31N7O3. The third-order valence-electron chi connectivity index (χ3n) is 7.15. The number of rotatable bonds is 9. The van der Waals surface area contributed by atoms with Gasteiger partial charge in [-0.2, -0.15) is 10.2 Å². The molecule has 10 heteroatoms. The maximum absolute atomic E-state index is 12.2. The molecule has 2 N–H and O–H groups in total. The number of H-pyrrole nitrogens is 1. The number of fused-ring (bicyclic) bond motifs is 1. The van der Waals surface area contributed by atoms with Crippen LogP contribution in [0.2, 0.25) is 0 Å². The fourth-order valence-corrected chi connectivity index (χ4v) is 5.08. The van der Waals surface area contributed by atoms with Crippen LogP contribution in [0, 0.1) is 0 Å². The highest BCUT2D eigenvalue weighted by Crippen LogP contribution is 2.45. The number of amides is 1. The minimum Gasteiger partial charge on any atom is -0.493 e. The molecule has 1 amide bonds. The van der Waals surface area contributed by atoms with E-state index in [1.54, 1.807) is 13.2 Å². The molecule has 0 atom stereocenters. The topological polar surface area (TPSA) is 110 Å². The van der Waals surface area contributed by atoms with Crippen molar-refractivity contribution in [3.63, 3.8) is 0 Å². The minimum atomic E-state index is -0.139. The number of aromatic amines is 1. The summed E-state index contributed by atoms with van der Waals surface area (Å²) < 4.78 is 13.1. The monoisotopic (exact) mass is 501 g/mol. The van der Waals surface area contributed by atoms with Crippen molar-refractivity contribution in [2.24, 2.45) is 7.05 Å². The SMILES string of the molecule is COc1cc(-c2nc(Cc3ccc4[nH]ncc4c3C3CC3)n(C)n2)ccc1OCC(=O)NC1CN(C)C1. The average molecular weight is 502 g/mol. The van der Waals surface area contributed by atoms with Crippen molar-refractivity contribution in [3.05, 3.63) is 53.5 Å². The van der Waals surface area contributed by atoms with E-state index in [0.29, 0.717) is 29.7 Å². The van der Waals surface area contributed by atoms with Crippen LogP contribution < -0.4 is 14.8 Å². The number of carbonyl (C=O) groups is 1. The normalized spacial score (nSPS) is 16.1. The van der Waals surface area contributed by atoms with Gasteiger partial charge in [0, 0.05) is 37.5 Å². The van der Waals surface area contributed by atoms with Gasteiger partial charge in [-0.1, -0.05) is 6.07 Å². The first-order valence-corrected chi connectivity index (χ1v) is 12.6. The van der Waals surface area contributed by atoms with Gasteiger partial charge >= 0.3 is 0 Å². The summed E-state index contributed by atoms with van der Waals surface area (Å²) in [6.45, 7) is 1.66. The van der Waals surface area contributed by atoms with Crippen LogP contribution in [-0.2, 0) is 18.3 Å². The molecular weight excluding hydrogens is 470 g/mol. The zero-order chi connectivity index (χ0) is 25.5. The standard InChI is InChI=1S/C27H31N7O3/c1-33-13-19(14-33)29-25(35)15-37-22-9-7-18(10-23(22)36-3)27-30-24(34(2)32-27)11-17-6-8-21-20(12-28-31-21)26(17)16-4-5-16/h6-10,12,16,19H,4-5,11,13-15H2,1-3H3,(H,28,31)(H,29,35). The summed E-state index contributed by atoms with van der Waals surface area (Å²) in [6.07, 6.45) is 5.06. The maximum atomic E-state index is 12.2. The molecule has 2 aliphatic rings. The van der Waals surface area contributed by atoms with Crippen LogP contribution in [0.5, 0.6) is 11.5 Å². The first-order valence-electron chi connectivity index (χ1n) is 12.6. The average Bonchev–Trinajstić information content (AvgIpc) is 3.48. The smallest absolute Gasteiger partial charge is 0.258 e. The predicted octanol–water partition coefficient (Wildman–Crippen LogP) is 2.64. The van der Waals surface area contributed by atoms with Gasteiger partial charge in [0.1, 0.15) is 5.82 Å². The Labute approximate surface area is 215 Å². The Bertz CT molecular complexity index is 1450. The summed E-state index contributed by atoms with van der Waals surface area (Å²) in [5.41, 5.74) is 4.55. The molecule has 2 aromatic carbocycles. The van der Waals surface area contributed by atoms with E-state index in [0.717, 1.165) is 30.0 Å². The molecule has 1 saturated carbocycles. The van der Waals surface area contributed by atoms with Crippen molar-refractivity contribution in [1.82, 2.24) is 35.2 Å². The van der Waals surface area contributed by atoms with Gasteiger partial charge in [-0.05, 0) is 61.2 Å². The Morgan fingerprint density at radius 2 is 2.00 bits per heavy atom. The molecule has 0 bridgehead atoms. The van der Waals surface area contributed by atoms with E-state index in [2.05, 4.69) is 37.6 Å². The fourth-order valence-electron chi connectivity index (χ4n) is 5.08. The molecule has 6 rings (SSSR count). The zero-order valence-electron chi connectivity index (χ0n) is 21.3. The third kappa shape index (κ3) is 4.76. The van der Waals surface area contributed by atoms with Gasteiger partial charge in [0.25, 0.3) is 5.91 Å². The number of benzene rings is 2. The van der Waals surface area contributed by atoms with Gasteiger partial charge in [-0.3, -0.25) is 14.6 Å². The summed E-state index contributed by atoms with van der Waals surface area (Å²) in [7, 11) is 5.53. The van der Waals surface area contributed by atoms with Crippen LogP contribution in [0.3, 0.4) is 0 Å². The van der Waals surface area contributed by atoms with Gasteiger partial charge in [-0.15, -0.1) is 0 Å². The quantitative estimate of drug-likeness (QED) is 0.363. The lowest BCUT2D eigenvalue weighted by Gasteiger charge is -2.36. The highest BCUT2D eigenvalue weighted by molar-refractivity contribution is 5.84. The van der Waals surface area contributed by atoms with E-state index in [9.17, 15) is 4.79 Å². The Hall–Kier alpha value is -3.92. The minimum absolute atomic E-state index is 0.0633. The second-order valence-electron chi connectivity index (χ2n) is 10.0. The molecule has 1 aliphatic carbocycles. The van der Waals surface area contributed by atoms with Crippen LogP contribution in [-0.4, -0.2) is 75.7 Å². The van der Waals surface area contributed by atoms with Crippen LogP contribution in [0.1, 0.15) is 35.7 Å². The molecule has 3 heterocycles. The molecule has 1 aliphatic heterocycles. The van der Waals surface area contributed by atoms with Crippen molar-refractivity contribution in [3.8, 4) is 22.9 Å². The molecule has 37 heavy (non-hydrogen) atoms. The highest BCUT2D eigenvalue weighted by Gasteiger charge is 2.29. The second kappa shape index (κ2) is 9.51. The Morgan fingerprint density at radius 1 is 1.16 bits per heavy atom. The van der Waals surface area contributed by atoms with Gasteiger partial charge < -0.3 is 19.7 Å². The molecule has 10 nitrogen and oxygen atoms in total. The second-order valence-corrected chi connectivity index (χ2v) is 10.0. The van der Waals surface area contributed by atoms with Gasteiger partial charge in [0.15, 0.2) is 23.9 Å². The number of nitrogens with zero attached hydrogens (tertiary/aromatic N) is 5. The van der Waals surface area contributed by atoms with Gasteiger partial charge in [0.05, 0.1) is 24.9 Å². The fraction of sp³-hybridized carbons (Fsp3) is 0.407. The number of hydrogen-bond acceptors (Lipinski definition) is 7. The van der Waals surface area contributed by atoms with Crippen molar-refractivity contribution in [1.29, 1.82) is 0 Å². The number of methoxy groups -OCH3 is 1. The first-order chi connectivity index (χ1) is 18.0. The van der Waals surface area contributed by atoms with E-state index in [-0.39, 0.29) is 18.6 Å². The zero-order valence-corrected chi connectivity index (χ0v) is 21.3. The lowest BCUT2D eigenvalue weighted by molar-refractivity contribution is -0.124. The maximum Gasteiger partial charge on any atom is 0.258 e. The largest absolute Gasteiger partial charge is 0.493 e. The van der Waals surface area contributed by atoms with Crippen LogP contribution in [0.25, 0.3) is 22.3 Å². The molecule has 0 radical (unpaired) electrons.